The number of ether oxygens (including phenoxy) is 1. The van der Waals surface area contributed by atoms with Crippen LogP contribution in [-0.4, -0.2) is 28.1 Å². The Hall–Kier alpha value is -2.10. The molecule has 8 nitrogen and oxygen atoms in total. The lowest BCUT2D eigenvalue weighted by atomic mass is 10.2. The minimum atomic E-state index is -0.652. The molecule has 1 amide bonds. The van der Waals surface area contributed by atoms with Crippen molar-refractivity contribution in [2.75, 3.05) is 12.4 Å². The Morgan fingerprint density at radius 2 is 2.29 bits per heavy atom. The average molecular weight is 329 g/mol. The molecule has 10 heteroatoms. The Labute approximate surface area is 127 Å². The summed E-state index contributed by atoms with van der Waals surface area (Å²) < 4.78 is 4.89. The highest BCUT2D eigenvalue weighted by atomic mass is 35.5. The van der Waals surface area contributed by atoms with Crippen LogP contribution in [0.2, 0.25) is 5.02 Å². The third-order valence-corrected chi connectivity index (χ3v) is 3.49. The molecule has 0 radical (unpaired) electrons. The number of hydrogen-bond donors (Lipinski definition) is 1. The molecule has 21 heavy (non-hydrogen) atoms. The maximum atomic E-state index is 12.0. The van der Waals surface area contributed by atoms with Gasteiger partial charge in [0.05, 0.1) is 4.92 Å². The number of aromatic nitrogens is 2. The van der Waals surface area contributed by atoms with E-state index in [1.165, 1.54) is 19.2 Å². The van der Waals surface area contributed by atoms with E-state index < -0.39 is 10.8 Å². The first kappa shape index (κ1) is 15.3. The lowest BCUT2D eigenvalue weighted by Crippen LogP contribution is -2.12. The number of nitro benzene ring substituents is 1. The molecule has 1 N–H and O–H groups in total. The van der Waals surface area contributed by atoms with Crippen molar-refractivity contribution in [3.05, 3.63) is 43.9 Å². The standard InChI is InChI=1S/C11H9ClN4O4S/c1-20-5-9-14-15-11(21-9)13-10(17)6-2-3-7(12)8(4-6)16(18)19/h2-4H,5H2,1H3,(H,13,15,17). The number of amides is 1. The first-order valence-electron chi connectivity index (χ1n) is 5.58. The van der Waals surface area contributed by atoms with Gasteiger partial charge in [-0.15, -0.1) is 10.2 Å². The van der Waals surface area contributed by atoms with E-state index in [1.54, 1.807) is 0 Å². The maximum absolute atomic E-state index is 12.0. The van der Waals surface area contributed by atoms with Gasteiger partial charge < -0.3 is 4.74 Å². The van der Waals surface area contributed by atoms with Crippen LogP contribution < -0.4 is 5.32 Å². The number of carbonyl (C=O) groups is 1. The number of nitro groups is 1. The van der Waals surface area contributed by atoms with Gasteiger partial charge >= 0.3 is 0 Å². The summed E-state index contributed by atoms with van der Waals surface area (Å²) in [5.74, 6) is -0.533. The summed E-state index contributed by atoms with van der Waals surface area (Å²) in [6.45, 7) is 0.292. The zero-order valence-electron chi connectivity index (χ0n) is 10.7. The molecule has 0 aliphatic carbocycles. The van der Waals surface area contributed by atoms with Crippen molar-refractivity contribution < 1.29 is 14.5 Å². The molecule has 1 heterocycles. The molecule has 1 aromatic heterocycles. The van der Waals surface area contributed by atoms with Crippen molar-refractivity contribution >= 4 is 39.7 Å². The second-order valence-corrected chi connectivity index (χ2v) is 5.28. The number of hydrogen-bond acceptors (Lipinski definition) is 7. The van der Waals surface area contributed by atoms with Gasteiger partial charge in [-0.05, 0) is 12.1 Å². The van der Waals surface area contributed by atoms with Crippen molar-refractivity contribution in [1.82, 2.24) is 10.2 Å². The quantitative estimate of drug-likeness (QED) is 0.667. The van der Waals surface area contributed by atoms with Gasteiger partial charge in [0.2, 0.25) is 5.13 Å². The van der Waals surface area contributed by atoms with Gasteiger partial charge in [0.15, 0.2) is 0 Å². The minimum absolute atomic E-state index is 0.0325. The van der Waals surface area contributed by atoms with E-state index in [1.807, 2.05) is 0 Å². The molecule has 2 aromatic rings. The predicted octanol–water partition coefficient (Wildman–Crippen LogP) is 2.50. The van der Waals surface area contributed by atoms with E-state index in [0.717, 1.165) is 17.4 Å². The lowest BCUT2D eigenvalue weighted by Gasteiger charge is -2.02. The van der Waals surface area contributed by atoms with E-state index in [9.17, 15) is 14.9 Å². The average Bonchev–Trinajstić information content (AvgIpc) is 2.86. The molecule has 0 saturated carbocycles. The molecule has 110 valence electrons. The normalized spacial score (nSPS) is 10.4. The third-order valence-electron chi connectivity index (χ3n) is 2.36. The maximum Gasteiger partial charge on any atom is 0.288 e. The second-order valence-electron chi connectivity index (χ2n) is 3.81. The fourth-order valence-electron chi connectivity index (χ4n) is 1.45. The highest BCUT2D eigenvalue weighted by molar-refractivity contribution is 7.15. The van der Waals surface area contributed by atoms with Crippen LogP contribution in [0, 0.1) is 10.1 Å². The van der Waals surface area contributed by atoms with E-state index in [2.05, 4.69) is 15.5 Å². The summed E-state index contributed by atoms with van der Waals surface area (Å²) in [4.78, 5) is 22.1. The fraction of sp³-hybridized carbons (Fsp3) is 0.182. The number of halogens is 1. The monoisotopic (exact) mass is 328 g/mol. The first-order chi connectivity index (χ1) is 10.0. The zero-order valence-corrected chi connectivity index (χ0v) is 12.3. The first-order valence-corrected chi connectivity index (χ1v) is 6.77. The topological polar surface area (TPSA) is 107 Å². The molecular formula is C11H9ClN4O4S. The summed E-state index contributed by atoms with van der Waals surface area (Å²) in [6, 6.07) is 3.79. The summed E-state index contributed by atoms with van der Waals surface area (Å²) in [5.41, 5.74) is -0.226. The Morgan fingerprint density at radius 1 is 1.52 bits per heavy atom. The van der Waals surface area contributed by atoms with Gasteiger partial charge in [0, 0.05) is 18.7 Å². The van der Waals surface area contributed by atoms with Crippen LogP contribution in [0.4, 0.5) is 10.8 Å². The summed E-state index contributed by atoms with van der Waals surface area (Å²) in [6.07, 6.45) is 0. The van der Waals surface area contributed by atoms with Crippen molar-refractivity contribution in [3.8, 4) is 0 Å². The second kappa shape index (κ2) is 6.57. The number of methoxy groups -OCH3 is 1. The van der Waals surface area contributed by atoms with Crippen LogP contribution in [-0.2, 0) is 11.3 Å². The molecular weight excluding hydrogens is 320 g/mol. The molecule has 0 aliphatic rings. The van der Waals surface area contributed by atoms with E-state index >= 15 is 0 Å². The van der Waals surface area contributed by atoms with Gasteiger partial charge in [-0.25, -0.2) is 0 Å². The Balaban J connectivity index is 2.16. The highest BCUT2D eigenvalue weighted by Gasteiger charge is 2.17. The summed E-state index contributed by atoms with van der Waals surface area (Å²) >= 11 is 6.84. The molecule has 0 bridgehead atoms. The minimum Gasteiger partial charge on any atom is -0.377 e. The van der Waals surface area contributed by atoms with Crippen molar-refractivity contribution in [3.63, 3.8) is 0 Å². The predicted molar refractivity (Wildman–Crippen MR) is 76.7 cm³/mol. The molecule has 1 aromatic carbocycles. The number of nitrogens with zero attached hydrogens (tertiary/aromatic N) is 3. The van der Waals surface area contributed by atoms with Gasteiger partial charge in [0.1, 0.15) is 16.6 Å². The van der Waals surface area contributed by atoms with Crippen molar-refractivity contribution in [2.45, 2.75) is 6.61 Å². The summed E-state index contributed by atoms with van der Waals surface area (Å²) in [5, 5.41) is 21.7. The molecule has 0 aliphatic heterocycles. The highest BCUT2D eigenvalue weighted by Crippen LogP contribution is 2.25. The Bertz CT molecular complexity index is 691. The van der Waals surface area contributed by atoms with Crippen LogP contribution in [0.5, 0.6) is 0 Å². The molecule has 0 atom stereocenters. The number of benzene rings is 1. The Kier molecular flexibility index (Phi) is 4.78. The fourth-order valence-corrected chi connectivity index (χ4v) is 2.34. The van der Waals surface area contributed by atoms with Gasteiger partial charge in [-0.1, -0.05) is 22.9 Å². The van der Waals surface area contributed by atoms with Crippen LogP contribution in [0.3, 0.4) is 0 Å². The van der Waals surface area contributed by atoms with Crippen LogP contribution in [0.15, 0.2) is 18.2 Å². The number of nitrogens with one attached hydrogen (secondary N) is 1. The SMILES string of the molecule is COCc1nnc(NC(=O)c2ccc(Cl)c([N+](=O)[O-])c2)s1. The molecule has 0 fully saturated rings. The van der Waals surface area contributed by atoms with Crippen LogP contribution in [0.25, 0.3) is 0 Å². The van der Waals surface area contributed by atoms with Crippen molar-refractivity contribution in [2.24, 2.45) is 0 Å². The van der Waals surface area contributed by atoms with E-state index in [-0.39, 0.29) is 21.4 Å². The van der Waals surface area contributed by atoms with Crippen LogP contribution >= 0.6 is 22.9 Å². The third kappa shape index (κ3) is 3.72. The van der Waals surface area contributed by atoms with Gasteiger partial charge in [0.25, 0.3) is 11.6 Å². The molecule has 0 unspecified atom stereocenters. The lowest BCUT2D eigenvalue weighted by molar-refractivity contribution is -0.384. The number of rotatable bonds is 5. The largest absolute Gasteiger partial charge is 0.377 e. The zero-order chi connectivity index (χ0) is 15.4. The number of carbonyl (C=O) groups excluding carboxylic acids is 1. The smallest absolute Gasteiger partial charge is 0.288 e. The number of anilines is 1. The summed E-state index contributed by atoms with van der Waals surface area (Å²) in [7, 11) is 1.52. The van der Waals surface area contributed by atoms with Crippen LogP contribution in [0.1, 0.15) is 15.4 Å². The molecule has 0 saturated heterocycles. The van der Waals surface area contributed by atoms with Crippen molar-refractivity contribution in [1.29, 1.82) is 0 Å². The van der Waals surface area contributed by atoms with E-state index in [4.69, 9.17) is 16.3 Å². The molecule has 0 spiro atoms. The van der Waals surface area contributed by atoms with Gasteiger partial charge in [-0.3, -0.25) is 20.2 Å². The van der Waals surface area contributed by atoms with Gasteiger partial charge in [-0.2, -0.15) is 0 Å². The Morgan fingerprint density at radius 3 is 2.95 bits per heavy atom. The molecule has 2 rings (SSSR count). The van der Waals surface area contributed by atoms with E-state index in [0.29, 0.717) is 11.6 Å².